The first-order valence-corrected chi connectivity index (χ1v) is 6.57. The molecule has 1 aliphatic heterocycles. The van der Waals surface area contributed by atoms with Gasteiger partial charge in [-0.25, -0.2) is 0 Å². The standard InChI is InChI=1S/C12H20ClNO2/c1-14(8-9-6-11(13)7-9)12(15)10-2-4-16-5-3-10/h9-11H,2-8H2,1H3. The van der Waals surface area contributed by atoms with Crippen molar-refractivity contribution in [1.29, 1.82) is 0 Å². The van der Waals surface area contributed by atoms with Crippen molar-refractivity contribution in [3.8, 4) is 0 Å². The summed E-state index contributed by atoms with van der Waals surface area (Å²) in [7, 11) is 1.92. The highest BCUT2D eigenvalue weighted by molar-refractivity contribution is 6.21. The highest BCUT2D eigenvalue weighted by Gasteiger charge is 2.31. The van der Waals surface area contributed by atoms with Gasteiger partial charge in [0.25, 0.3) is 0 Å². The fourth-order valence-electron chi connectivity index (χ4n) is 2.54. The first-order chi connectivity index (χ1) is 7.66. The molecule has 0 atom stereocenters. The number of amides is 1. The number of alkyl halides is 1. The molecule has 4 heteroatoms. The first kappa shape index (κ1) is 12.2. The van der Waals surface area contributed by atoms with Gasteiger partial charge in [-0.15, -0.1) is 11.6 Å². The van der Waals surface area contributed by atoms with E-state index in [9.17, 15) is 4.79 Å². The number of halogens is 1. The third-order valence-electron chi connectivity index (χ3n) is 3.66. The van der Waals surface area contributed by atoms with Gasteiger partial charge in [0.1, 0.15) is 0 Å². The molecule has 0 spiro atoms. The normalized spacial score (nSPS) is 30.9. The van der Waals surface area contributed by atoms with E-state index in [0.717, 1.165) is 45.4 Å². The molecule has 2 fully saturated rings. The van der Waals surface area contributed by atoms with Gasteiger partial charge in [0.15, 0.2) is 0 Å². The Labute approximate surface area is 102 Å². The molecule has 1 amide bonds. The lowest BCUT2D eigenvalue weighted by Crippen LogP contribution is -2.41. The molecule has 1 saturated heterocycles. The summed E-state index contributed by atoms with van der Waals surface area (Å²) < 4.78 is 5.27. The minimum Gasteiger partial charge on any atom is -0.381 e. The van der Waals surface area contributed by atoms with Gasteiger partial charge in [-0.1, -0.05) is 0 Å². The molecule has 0 N–H and O–H groups in total. The molecule has 1 saturated carbocycles. The van der Waals surface area contributed by atoms with E-state index in [4.69, 9.17) is 16.3 Å². The van der Waals surface area contributed by atoms with Crippen LogP contribution in [0.25, 0.3) is 0 Å². The van der Waals surface area contributed by atoms with E-state index in [-0.39, 0.29) is 5.92 Å². The summed E-state index contributed by atoms with van der Waals surface area (Å²) in [6.45, 7) is 2.34. The maximum atomic E-state index is 12.1. The summed E-state index contributed by atoms with van der Waals surface area (Å²) in [6, 6.07) is 0. The molecule has 0 aromatic heterocycles. The van der Waals surface area contributed by atoms with Crippen LogP contribution >= 0.6 is 11.6 Å². The second-order valence-corrected chi connectivity index (χ2v) is 5.66. The summed E-state index contributed by atoms with van der Waals surface area (Å²) in [5, 5.41) is 0.344. The van der Waals surface area contributed by atoms with Crippen molar-refractivity contribution >= 4 is 17.5 Å². The van der Waals surface area contributed by atoms with E-state index >= 15 is 0 Å². The number of nitrogens with zero attached hydrogens (tertiary/aromatic N) is 1. The van der Waals surface area contributed by atoms with Crippen molar-refractivity contribution < 1.29 is 9.53 Å². The molecule has 0 aromatic carbocycles. The highest BCUT2D eigenvalue weighted by atomic mass is 35.5. The largest absolute Gasteiger partial charge is 0.381 e. The molecule has 0 radical (unpaired) electrons. The van der Waals surface area contributed by atoms with Gasteiger partial charge in [0, 0.05) is 38.1 Å². The van der Waals surface area contributed by atoms with Gasteiger partial charge in [0.2, 0.25) is 5.91 Å². The Kier molecular flexibility index (Phi) is 4.09. The molecule has 2 rings (SSSR count). The molecule has 0 bridgehead atoms. The predicted molar refractivity (Wildman–Crippen MR) is 63.5 cm³/mol. The van der Waals surface area contributed by atoms with Crippen molar-refractivity contribution in [3.05, 3.63) is 0 Å². The van der Waals surface area contributed by atoms with Gasteiger partial charge in [-0.2, -0.15) is 0 Å². The van der Waals surface area contributed by atoms with Crippen molar-refractivity contribution in [1.82, 2.24) is 4.90 Å². The Hall–Kier alpha value is -0.280. The molecular formula is C12H20ClNO2. The lowest BCUT2D eigenvalue weighted by atomic mass is 9.84. The van der Waals surface area contributed by atoms with Crippen LogP contribution in [-0.4, -0.2) is 43.0 Å². The highest BCUT2D eigenvalue weighted by Crippen LogP contribution is 2.32. The minimum absolute atomic E-state index is 0.186. The topological polar surface area (TPSA) is 29.5 Å². The SMILES string of the molecule is CN(CC1CC(Cl)C1)C(=O)C1CCOCC1. The number of hydrogen-bond donors (Lipinski definition) is 0. The predicted octanol–water partition coefficient (Wildman–Crippen LogP) is 1.89. The first-order valence-electron chi connectivity index (χ1n) is 6.13. The van der Waals surface area contributed by atoms with Crippen LogP contribution in [0.4, 0.5) is 0 Å². The molecule has 16 heavy (non-hydrogen) atoms. The summed E-state index contributed by atoms with van der Waals surface area (Å²) in [5.74, 6) is 1.10. The summed E-state index contributed by atoms with van der Waals surface area (Å²) in [5.41, 5.74) is 0. The Morgan fingerprint density at radius 3 is 2.56 bits per heavy atom. The van der Waals surface area contributed by atoms with E-state index in [0.29, 0.717) is 17.2 Å². The third-order valence-corrected chi connectivity index (χ3v) is 4.01. The Morgan fingerprint density at radius 2 is 2.00 bits per heavy atom. The van der Waals surface area contributed by atoms with Crippen molar-refractivity contribution in [3.63, 3.8) is 0 Å². The lowest BCUT2D eigenvalue weighted by Gasteiger charge is -2.35. The maximum absolute atomic E-state index is 12.1. The van der Waals surface area contributed by atoms with Crippen LogP contribution in [0, 0.1) is 11.8 Å². The van der Waals surface area contributed by atoms with Crippen LogP contribution in [0.3, 0.4) is 0 Å². The van der Waals surface area contributed by atoms with Gasteiger partial charge in [-0.05, 0) is 31.6 Å². The molecule has 0 unspecified atom stereocenters. The number of ether oxygens (including phenoxy) is 1. The fourth-order valence-corrected chi connectivity index (χ4v) is 3.04. The summed E-state index contributed by atoms with van der Waals surface area (Å²) >= 11 is 5.94. The monoisotopic (exact) mass is 245 g/mol. The van der Waals surface area contributed by atoms with Gasteiger partial charge in [0.05, 0.1) is 0 Å². The zero-order valence-corrected chi connectivity index (χ0v) is 10.6. The van der Waals surface area contributed by atoms with Crippen LogP contribution in [0.5, 0.6) is 0 Å². The summed E-state index contributed by atoms with van der Waals surface area (Å²) in [4.78, 5) is 14.0. The van der Waals surface area contributed by atoms with Crippen LogP contribution in [0.1, 0.15) is 25.7 Å². The van der Waals surface area contributed by atoms with E-state index in [2.05, 4.69) is 0 Å². The second kappa shape index (κ2) is 5.37. The van der Waals surface area contributed by atoms with Gasteiger partial charge >= 0.3 is 0 Å². The zero-order chi connectivity index (χ0) is 11.5. The average molecular weight is 246 g/mol. The number of hydrogen-bond acceptors (Lipinski definition) is 2. The maximum Gasteiger partial charge on any atom is 0.225 e. The van der Waals surface area contributed by atoms with E-state index in [1.54, 1.807) is 0 Å². The van der Waals surface area contributed by atoms with Crippen LogP contribution in [-0.2, 0) is 9.53 Å². The van der Waals surface area contributed by atoms with E-state index in [1.165, 1.54) is 0 Å². The Morgan fingerprint density at radius 1 is 1.38 bits per heavy atom. The van der Waals surface area contributed by atoms with Crippen LogP contribution in [0.15, 0.2) is 0 Å². The average Bonchev–Trinajstić information content (AvgIpc) is 2.27. The minimum atomic E-state index is 0.186. The van der Waals surface area contributed by atoms with Crippen molar-refractivity contribution in [2.75, 3.05) is 26.8 Å². The number of rotatable bonds is 3. The quantitative estimate of drug-likeness (QED) is 0.711. The molecule has 0 aromatic rings. The second-order valence-electron chi connectivity index (χ2n) is 5.04. The number of carbonyl (C=O) groups is 1. The van der Waals surface area contributed by atoms with Crippen molar-refractivity contribution in [2.24, 2.45) is 11.8 Å². The fraction of sp³-hybridized carbons (Fsp3) is 0.917. The van der Waals surface area contributed by atoms with Crippen molar-refractivity contribution in [2.45, 2.75) is 31.1 Å². The molecule has 1 heterocycles. The smallest absolute Gasteiger partial charge is 0.225 e. The van der Waals surface area contributed by atoms with Gasteiger partial charge < -0.3 is 9.64 Å². The molecule has 1 aliphatic carbocycles. The summed E-state index contributed by atoms with van der Waals surface area (Å²) in [6.07, 6.45) is 3.89. The van der Waals surface area contributed by atoms with Crippen LogP contribution < -0.4 is 0 Å². The third kappa shape index (κ3) is 2.89. The Balaban J connectivity index is 1.74. The number of carbonyl (C=O) groups excluding carboxylic acids is 1. The Bertz CT molecular complexity index is 247. The molecule has 92 valence electrons. The van der Waals surface area contributed by atoms with Crippen LogP contribution in [0.2, 0.25) is 0 Å². The van der Waals surface area contributed by atoms with E-state index < -0.39 is 0 Å². The molecule has 2 aliphatic rings. The lowest BCUT2D eigenvalue weighted by molar-refractivity contribution is -0.138. The van der Waals surface area contributed by atoms with E-state index in [1.807, 2.05) is 11.9 Å². The molecular weight excluding hydrogens is 226 g/mol. The molecule has 3 nitrogen and oxygen atoms in total. The zero-order valence-electron chi connectivity index (χ0n) is 9.82. The van der Waals surface area contributed by atoms with Gasteiger partial charge in [-0.3, -0.25) is 4.79 Å².